The Morgan fingerprint density at radius 2 is 1.79 bits per heavy atom. The van der Waals surface area contributed by atoms with Crippen LogP contribution in [0.15, 0.2) is 66.7 Å². The van der Waals surface area contributed by atoms with E-state index in [1.165, 1.54) is 30.3 Å². The summed E-state index contributed by atoms with van der Waals surface area (Å²) in [5.74, 6) is -1.85. The van der Waals surface area contributed by atoms with Gasteiger partial charge in [-0.15, -0.1) is 0 Å². The van der Waals surface area contributed by atoms with Crippen molar-refractivity contribution in [3.8, 4) is 23.2 Å². The maximum atomic E-state index is 15.5. The lowest BCUT2D eigenvalue weighted by Gasteiger charge is -2.35. The number of halogens is 3. The summed E-state index contributed by atoms with van der Waals surface area (Å²) in [4.78, 5) is 20.5. The number of carboxylic acid groups (broad SMARTS) is 1. The normalized spacial score (nSPS) is 16.1. The Kier molecular flexibility index (Phi) is 7.32. The zero-order valence-corrected chi connectivity index (χ0v) is 23.0. The molecule has 1 fully saturated rings. The summed E-state index contributed by atoms with van der Waals surface area (Å²) in [5.41, 5.74) is 1.97. The molecule has 0 aliphatic heterocycles. The molecule has 0 atom stereocenters. The third kappa shape index (κ3) is 5.54. The van der Waals surface area contributed by atoms with Gasteiger partial charge < -0.3 is 14.4 Å². The average molecular weight is 583 g/mol. The van der Waals surface area contributed by atoms with Gasteiger partial charge in [-0.2, -0.15) is 5.26 Å². The maximum Gasteiger partial charge on any atom is 0.335 e. The highest BCUT2D eigenvalue weighted by Gasteiger charge is 2.31. The van der Waals surface area contributed by atoms with Crippen molar-refractivity contribution in [3.63, 3.8) is 0 Å². The number of aromatic carboxylic acids is 1. The predicted molar refractivity (Wildman–Crippen MR) is 152 cm³/mol. The number of fused-ring (bicyclic) bond motifs is 1. The number of carboxylic acids is 1. The summed E-state index contributed by atoms with van der Waals surface area (Å²) in [7, 11) is 0. The molecule has 10 heteroatoms. The Labute approximate surface area is 244 Å². The molecule has 0 saturated heterocycles. The number of pyridine rings is 1. The topological polar surface area (TPSA) is 101 Å². The van der Waals surface area contributed by atoms with Gasteiger partial charge in [0.05, 0.1) is 33.9 Å². The number of carbonyl (C=O) groups is 1. The van der Waals surface area contributed by atoms with Crippen LogP contribution in [0.3, 0.4) is 0 Å². The summed E-state index contributed by atoms with van der Waals surface area (Å²) in [6.07, 6.45) is 1.78. The first-order chi connectivity index (χ1) is 20.7. The van der Waals surface area contributed by atoms with Crippen LogP contribution in [0.1, 0.15) is 58.7 Å². The van der Waals surface area contributed by atoms with E-state index in [0.29, 0.717) is 22.8 Å². The van der Waals surface area contributed by atoms with Gasteiger partial charge in [-0.1, -0.05) is 19.1 Å². The molecule has 3 aromatic carbocycles. The molecule has 6 rings (SSSR count). The fourth-order valence-electron chi connectivity index (χ4n) is 5.50. The van der Waals surface area contributed by atoms with Gasteiger partial charge >= 0.3 is 5.97 Å². The molecule has 0 spiro atoms. The number of hydrogen-bond donors (Lipinski definition) is 1. The van der Waals surface area contributed by atoms with Crippen LogP contribution in [0.2, 0.25) is 0 Å². The number of aromatic nitrogens is 3. The molecule has 2 aromatic heterocycles. The monoisotopic (exact) mass is 582 g/mol. The minimum absolute atomic E-state index is 0.0116. The molecule has 1 aliphatic carbocycles. The van der Waals surface area contributed by atoms with Crippen LogP contribution in [-0.2, 0) is 13.0 Å². The molecule has 1 saturated carbocycles. The molecule has 0 radical (unpaired) electrons. The second-order valence-electron chi connectivity index (χ2n) is 10.8. The van der Waals surface area contributed by atoms with Crippen molar-refractivity contribution in [2.75, 3.05) is 0 Å². The van der Waals surface area contributed by atoms with Crippen molar-refractivity contribution in [1.29, 1.82) is 5.26 Å². The van der Waals surface area contributed by atoms with Gasteiger partial charge in [0.15, 0.2) is 0 Å². The van der Waals surface area contributed by atoms with Gasteiger partial charge in [0.25, 0.3) is 0 Å². The molecule has 5 aromatic rings. The van der Waals surface area contributed by atoms with Crippen molar-refractivity contribution in [2.45, 2.75) is 38.8 Å². The second kappa shape index (κ2) is 11.2. The van der Waals surface area contributed by atoms with Gasteiger partial charge in [0, 0.05) is 29.7 Å². The predicted octanol–water partition coefficient (Wildman–Crippen LogP) is 7.23. The zero-order valence-electron chi connectivity index (χ0n) is 23.0. The lowest BCUT2D eigenvalue weighted by molar-refractivity contribution is 0.0697. The minimum Gasteiger partial charge on any atom is -0.478 e. The van der Waals surface area contributed by atoms with E-state index < -0.39 is 23.4 Å². The Hall–Kier alpha value is -5.17. The molecular weight excluding hydrogens is 557 g/mol. The van der Waals surface area contributed by atoms with Crippen LogP contribution in [-0.4, -0.2) is 25.6 Å². The molecule has 7 nitrogen and oxygen atoms in total. The van der Waals surface area contributed by atoms with Crippen LogP contribution in [0.4, 0.5) is 13.2 Å². The molecule has 1 aliphatic rings. The summed E-state index contributed by atoms with van der Waals surface area (Å²) >= 11 is 0. The van der Waals surface area contributed by atoms with Crippen LogP contribution in [0.5, 0.6) is 5.88 Å². The van der Waals surface area contributed by atoms with E-state index in [9.17, 15) is 14.3 Å². The summed E-state index contributed by atoms with van der Waals surface area (Å²) in [6, 6.07) is 17.5. The lowest BCUT2D eigenvalue weighted by atomic mass is 9.81. The third-order valence-electron chi connectivity index (χ3n) is 7.77. The average Bonchev–Trinajstić information content (AvgIpc) is 3.33. The van der Waals surface area contributed by atoms with Crippen molar-refractivity contribution >= 4 is 17.0 Å². The number of hydrogen-bond acceptors (Lipinski definition) is 5. The molecule has 0 unspecified atom stereocenters. The fraction of sp³-hybridized carbons (Fsp3) is 0.212. The number of rotatable bonds is 8. The minimum atomic E-state index is -1.05. The van der Waals surface area contributed by atoms with Crippen LogP contribution in [0, 0.1) is 34.7 Å². The van der Waals surface area contributed by atoms with E-state index in [1.54, 1.807) is 18.2 Å². The highest BCUT2D eigenvalue weighted by Crippen LogP contribution is 2.41. The Morgan fingerprint density at radius 3 is 2.51 bits per heavy atom. The third-order valence-corrected chi connectivity index (χ3v) is 7.77. The number of benzene rings is 3. The first-order valence-electron chi connectivity index (χ1n) is 13.7. The van der Waals surface area contributed by atoms with E-state index in [-0.39, 0.29) is 58.5 Å². The summed E-state index contributed by atoms with van der Waals surface area (Å²) < 4.78 is 52.7. The van der Waals surface area contributed by atoms with Crippen molar-refractivity contribution in [2.24, 2.45) is 5.92 Å². The molecule has 1 N–H and O–H groups in total. The van der Waals surface area contributed by atoms with Gasteiger partial charge in [-0.05, 0) is 72.9 Å². The lowest BCUT2D eigenvalue weighted by Crippen LogP contribution is -2.26. The molecule has 0 amide bonds. The highest BCUT2D eigenvalue weighted by atomic mass is 19.1. The van der Waals surface area contributed by atoms with Gasteiger partial charge in [0.1, 0.15) is 29.9 Å². The Balaban J connectivity index is 1.27. The smallest absolute Gasteiger partial charge is 0.335 e. The Bertz CT molecular complexity index is 1930. The largest absolute Gasteiger partial charge is 0.478 e. The van der Waals surface area contributed by atoms with Crippen molar-refractivity contribution < 1.29 is 27.8 Å². The fourth-order valence-corrected chi connectivity index (χ4v) is 5.50. The molecule has 0 bridgehead atoms. The van der Waals surface area contributed by atoms with Gasteiger partial charge in [-0.25, -0.2) is 27.9 Å². The first-order valence-corrected chi connectivity index (χ1v) is 13.7. The van der Waals surface area contributed by atoms with E-state index in [0.717, 1.165) is 31.0 Å². The van der Waals surface area contributed by atoms with Crippen LogP contribution in [0.25, 0.3) is 22.3 Å². The Morgan fingerprint density at radius 1 is 1.00 bits per heavy atom. The van der Waals surface area contributed by atoms with E-state index in [4.69, 9.17) is 10.00 Å². The van der Waals surface area contributed by atoms with E-state index in [1.807, 2.05) is 10.6 Å². The van der Waals surface area contributed by atoms with Gasteiger partial charge in [-0.3, -0.25) is 0 Å². The molecular formula is C33H25F3N4O3. The van der Waals surface area contributed by atoms with Gasteiger partial charge in [0.2, 0.25) is 5.88 Å². The maximum absolute atomic E-state index is 15.5. The summed E-state index contributed by atoms with van der Waals surface area (Å²) in [5, 5.41) is 18.4. The standard InChI is InChI=1S/C33H25F3N4O3/c1-18-9-23(10-18)40-30-13-20(33(41)42)7-8-29(30)38-31(40)14-22-12-27(36)24(15-26(22)35)28-3-2-4-32(39-28)43-17-21-6-5-19(16-37)11-25(21)34/h2-8,11-13,15,18,23H,9-10,14,17H2,1H3,(H,41,42)/t18-,23-. The SMILES string of the molecule is C[C@H]1C[C@H](n2c(Cc3cc(F)c(-c4cccc(OCc5ccc(C#N)cc5F)n4)cc3F)nc3ccc(C(=O)O)cc32)C1. The molecule has 2 heterocycles. The molecule has 43 heavy (non-hydrogen) atoms. The van der Waals surface area contributed by atoms with E-state index >= 15 is 8.78 Å². The number of nitriles is 1. The second-order valence-corrected chi connectivity index (χ2v) is 10.8. The van der Waals surface area contributed by atoms with Crippen molar-refractivity contribution in [3.05, 3.63) is 112 Å². The molecule has 216 valence electrons. The number of imidazole rings is 1. The highest BCUT2D eigenvalue weighted by molar-refractivity contribution is 5.92. The zero-order chi connectivity index (χ0) is 30.2. The van der Waals surface area contributed by atoms with Crippen molar-refractivity contribution in [1.82, 2.24) is 14.5 Å². The van der Waals surface area contributed by atoms with E-state index in [2.05, 4.69) is 16.9 Å². The first kappa shape index (κ1) is 28.0. The number of nitrogens with zero attached hydrogens (tertiary/aromatic N) is 4. The van der Waals surface area contributed by atoms with Crippen LogP contribution >= 0.6 is 0 Å². The quantitative estimate of drug-likeness (QED) is 0.207. The van der Waals surface area contributed by atoms with Crippen LogP contribution < -0.4 is 4.74 Å². The summed E-state index contributed by atoms with van der Waals surface area (Å²) in [6.45, 7) is 1.96. The number of ether oxygens (including phenoxy) is 1.